The Kier molecular flexibility index (Phi) is 4.42. The Morgan fingerprint density at radius 3 is 2.48 bits per heavy atom. The van der Waals surface area contributed by atoms with Gasteiger partial charge in [0.25, 0.3) is 5.56 Å². The van der Waals surface area contributed by atoms with E-state index in [9.17, 15) is 4.79 Å². The zero-order chi connectivity index (χ0) is 18.2. The van der Waals surface area contributed by atoms with Gasteiger partial charge in [0.1, 0.15) is 11.6 Å². The lowest BCUT2D eigenvalue weighted by Crippen LogP contribution is -2.37. The van der Waals surface area contributed by atoms with Crippen molar-refractivity contribution in [3.05, 3.63) is 46.5 Å². The van der Waals surface area contributed by atoms with Crippen LogP contribution in [0, 0.1) is 5.92 Å². The number of nitrogens with zero attached hydrogens (tertiary/aromatic N) is 5. The van der Waals surface area contributed by atoms with Gasteiger partial charge in [-0.2, -0.15) is 0 Å². The summed E-state index contributed by atoms with van der Waals surface area (Å²) in [6, 6.07) is 3.78. The Hall–Kier alpha value is -2.24. The molecule has 6 heteroatoms. The summed E-state index contributed by atoms with van der Waals surface area (Å²) < 4.78 is 1.80. The van der Waals surface area contributed by atoms with Crippen LogP contribution >= 0.6 is 0 Å². The molecule has 1 aliphatic heterocycles. The van der Waals surface area contributed by atoms with Crippen LogP contribution in [0.1, 0.15) is 68.3 Å². The molecule has 3 fully saturated rings. The molecule has 1 saturated heterocycles. The highest BCUT2D eigenvalue weighted by atomic mass is 16.1. The van der Waals surface area contributed by atoms with Crippen molar-refractivity contribution in [1.82, 2.24) is 19.5 Å². The van der Waals surface area contributed by atoms with Crippen LogP contribution in [-0.4, -0.2) is 32.6 Å². The fourth-order valence-corrected chi connectivity index (χ4v) is 4.21. The smallest absolute Gasteiger partial charge is 0.253 e. The first-order valence-corrected chi connectivity index (χ1v) is 10.4. The molecule has 0 radical (unpaired) electrons. The predicted octanol–water partition coefficient (Wildman–Crippen LogP) is 3.09. The average molecular weight is 365 g/mol. The number of hydrogen-bond donors (Lipinski definition) is 0. The molecular weight excluding hydrogens is 338 g/mol. The van der Waals surface area contributed by atoms with Gasteiger partial charge < -0.3 is 4.90 Å². The van der Waals surface area contributed by atoms with E-state index in [-0.39, 0.29) is 5.56 Å². The van der Waals surface area contributed by atoms with Crippen molar-refractivity contribution in [3.8, 4) is 0 Å². The quantitative estimate of drug-likeness (QED) is 0.815. The lowest BCUT2D eigenvalue weighted by Gasteiger charge is -2.33. The van der Waals surface area contributed by atoms with Crippen molar-refractivity contribution < 1.29 is 0 Å². The summed E-state index contributed by atoms with van der Waals surface area (Å²) in [7, 11) is 0. The zero-order valence-electron chi connectivity index (χ0n) is 15.8. The van der Waals surface area contributed by atoms with E-state index in [0.29, 0.717) is 17.8 Å². The van der Waals surface area contributed by atoms with Crippen LogP contribution in [-0.2, 0) is 6.54 Å². The summed E-state index contributed by atoms with van der Waals surface area (Å²) in [5.41, 5.74) is 1.09. The van der Waals surface area contributed by atoms with Gasteiger partial charge in [-0.1, -0.05) is 6.42 Å². The van der Waals surface area contributed by atoms with Crippen molar-refractivity contribution in [1.29, 1.82) is 0 Å². The highest BCUT2D eigenvalue weighted by molar-refractivity contribution is 5.38. The molecule has 6 nitrogen and oxygen atoms in total. The van der Waals surface area contributed by atoms with Gasteiger partial charge in [-0.25, -0.2) is 15.0 Å². The molecule has 0 spiro atoms. The second-order valence-electron chi connectivity index (χ2n) is 8.41. The predicted molar refractivity (Wildman–Crippen MR) is 104 cm³/mol. The van der Waals surface area contributed by atoms with Gasteiger partial charge in [-0.3, -0.25) is 9.36 Å². The third-order valence-electron chi connectivity index (χ3n) is 6.42. The first kappa shape index (κ1) is 16.9. The molecule has 0 atom stereocenters. The Morgan fingerprint density at radius 1 is 1.00 bits per heavy atom. The molecule has 0 unspecified atom stereocenters. The van der Waals surface area contributed by atoms with Gasteiger partial charge in [0.05, 0.1) is 12.0 Å². The number of piperidine rings is 1. The average Bonchev–Trinajstić information content (AvgIpc) is 3.48. The minimum absolute atomic E-state index is 0.107. The highest BCUT2D eigenvalue weighted by Gasteiger charge is 2.27. The van der Waals surface area contributed by atoms with Crippen molar-refractivity contribution in [2.24, 2.45) is 5.92 Å². The van der Waals surface area contributed by atoms with E-state index in [2.05, 4.69) is 14.9 Å². The monoisotopic (exact) mass is 365 g/mol. The van der Waals surface area contributed by atoms with E-state index >= 15 is 0 Å². The third kappa shape index (κ3) is 3.62. The first-order chi connectivity index (χ1) is 13.3. The Labute approximate surface area is 159 Å². The number of hydrogen-bond acceptors (Lipinski definition) is 5. The highest BCUT2D eigenvalue weighted by Crippen LogP contribution is 2.38. The molecule has 2 aromatic rings. The van der Waals surface area contributed by atoms with E-state index in [1.54, 1.807) is 17.0 Å². The van der Waals surface area contributed by atoms with Crippen molar-refractivity contribution in [2.45, 2.75) is 63.3 Å². The standard InChI is InChI=1S/C21H27N5O/c27-20-12-18(16-4-5-16)23-14-26(20)13-15-7-10-25(11-8-15)19-6-9-22-21(24-19)17-2-1-3-17/h6,9,12,14-17H,1-5,7-8,10-11,13H2. The Morgan fingerprint density at radius 2 is 1.81 bits per heavy atom. The molecule has 142 valence electrons. The van der Waals surface area contributed by atoms with Crippen LogP contribution in [0.5, 0.6) is 0 Å². The lowest BCUT2D eigenvalue weighted by molar-refractivity contribution is 0.349. The van der Waals surface area contributed by atoms with E-state index in [1.807, 2.05) is 12.3 Å². The molecule has 2 saturated carbocycles. The number of aromatic nitrogens is 4. The molecule has 3 aliphatic rings. The molecule has 0 amide bonds. The van der Waals surface area contributed by atoms with Crippen LogP contribution < -0.4 is 10.5 Å². The maximum atomic E-state index is 12.4. The van der Waals surface area contributed by atoms with Crippen molar-refractivity contribution in [2.75, 3.05) is 18.0 Å². The summed E-state index contributed by atoms with van der Waals surface area (Å²) in [5, 5.41) is 0. The largest absolute Gasteiger partial charge is 0.356 e. The minimum atomic E-state index is 0.107. The molecule has 0 N–H and O–H groups in total. The van der Waals surface area contributed by atoms with E-state index in [1.165, 1.54) is 32.1 Å². The van der Waals surface area contributed by atoms with E-state index in [0.717, 1.165) is 49.8 Å². The maximum absolute atomic E-state index is 12.4. The maximum Gasteiger partial charge on any atom is 0.253 e. The lowest BCUT2D eigenvalue weighted by atomic mass is 9.85. The van der Waals surface area contributed by atoms with Crippen LogP contribution in [0.3, 0.4) is 0 Å². The second-order valence-corrected chi connectivity index (χ2v) is 8.41. The summed E-state index contributed by atoms with van der Waals surface area (Å²) in [6.45, 7) is 2.77. The number of rotatable bonds is 5. The van der Waals surface area contributed by atoms with Crippen LogP contribution in [0.2, 0.25) is 0 Å². The SMILES string of the molecule is O=c1cc(C2CC2)ncn1CC1CCN(c2ccnc(C3CCC3)n2)CC1. The third-order valence-corrected chi connectivity index (χ3v) is 6.42. The molecule has 3 heterocycles. The summed E-state index contributed by atoms with van der Waals surface area (Å²) in [4.78, 5) is 28.5. The molecule has 27 heavy (non-hydrogen) atoms. The second kappa shape index (κ2) is 7.06. The molecule has 5 rings (SSSR count). The normalized spacial score (nSPS) is 21.3. The van der Waals surface area contributed by atoms with Crippen LogP contribution in [0.25, 0.3) is 0 Å². The fourth-order valence-electron chi connectivity index (χ4n) is 4.21. The van der Waals surface area contributed by atoms with E-state index in [4.69, 9.17) is 4.98 Å². The van der Waals surface area contributed by atoms with Gasteiger partial charge in [-0.15, -0.1) is 0 Å². The Balaban J connectivity index is 1.20. The molecule has 0 bridgehead atoms. The topological polar surface area (TPSA) is 63.9 Å². The summed E-state index contributed by atoms with van der Waals surface area (Å²) >= 11 is 0. The van der Waals surface area contributed by atoms with Crippen LogP contribution in [0.4, 0.5) is 5.82 Å². The van der Waals surface area contributed by atoms with Gasteiger partial charge in [0.2, 0.25) is 0 Å². The number of anilines is 1. The van der Waals surface area contributed by atoms with Crippen molar-refractivity contribution >= 4 is 5.82 Å². The summed E-state index contributed by atoms with van der Waals surface area (Å²) in [5.74, 6) is 3.72. The summed E-state index contributed by atoms with van der Waals surface area (Å²) in [6.07, 6.45) is 12.0. The first-order valence-electron chi connectivity index (χ1n) is 10.4. The van der Waals surface area contributed by atoms with E-state index < -0.39 is 0 Å². The molecule has 0 aromatic carbocycles. The Bertz CT molecular complexity index is 863. The van der Waals surface area contributed by atoms with Crippen molar-refractivity contribution in [3.63, 3.8) is 0 Å². The molecule has 2 aliphatic carbocycles. The fraction of sp³-hybridized carbons (Fsp3) is 0.619. The molecular formula is C21H27N5O. The van der Waals surface area contributed by atoms with Gasteiger partial charge >= 0.3 is 0 Å². The zero-order valence-corrected chi connectivity index (χ0v) is 15.8. The van der Waals surface area contributed by atoms with Gasteiger partial charge in [0, 0.05) is 43.7 Å². The molecule has 2 aromatic heterocycles. The van der Waals surface area contributed by atoms with Crippen LogP contribution in [0.15, 0.2) is 29.5 Å². The minimum Gasteiger partial charge on any atom is -0.356 e. The van der Waals surface area contributed by atoms with Gasteiger partial charge in [-0.05, 0) is 50.5 Å². The van der Waals surface area contributed by atoms with Gasteiger partial charge in [0.15, 0.2) is 0 Å².